The number of aliphatic hydroxyl groups excluding tert-OH is 1. The van der Waals surface area contributed by atoms with E-state index in [0.717, 1.165) is 85.3 Å². The second-order valence-electron chi connectivity index (χ2n) is 13.1. The highest BCUT2D eigenvalue weighted by molar-refractivity contribution is 6.00. The molecule has 1 aliphatic carbocycles. The van der Waals surface area contributed by atoms with Gasteiger partial charge in [-0.05, 0) is 75.3 Å². The Hall–Kier alpha value is -3.96. The SMILES string of the molecule is COc1cc(C(=O)N2CCC[C@@H](N)[C@H]2CO)cc2nc(-c3cc4ccc5nc4n3CCCCC[C@@H]3C[C@H]3C(=O)N[C@@H]5C)n(C)c12. The van der Waals surface area contributed by atoms with Crippen LogP contribution < -0.4 is 15.8 Å². The fourth-order valence-corrected chi connectivity index (χ4v) is 7.49. The topological polar surface area (TPSA) is 141 Å². The minimum absolute atomic E-state index is 0.143. The Morgan fingerprint density at radius 2 is 1.96 bits per heavy atom. The number of ether oxygens (including phenoxy) is 1. The van der Waals surface area contributed by atoms with Gasteiger partial charge in [-0.1, -0.05) is 12.8 Å². The van der Waals surface area contributed by atoms with Gasteiger partial charge in [0, 0.05) is 43.0 Å². The van der Waals surface area contributed by atoms with Gasteiger partial charge in [0.1, 0.15) is 16.9 Å². The fraction of sp³-hybridized carbons (Fsp3) is 0.529. The molecule has 0 radical (unpaired) electrons. The van der Waals surface area contributed by atoms with E-state index >= 15 is 0 Å². The summed E-state index contributed by atoms with van der Waals surface area (Å²) in [6, 6.07) is 8.91. The Balaban J connectivity index is 1.30. The third kappa shape index (κ3) is 5.25. The zero-order chi connectivity index (χ0) is 31.4. The molecule has 4 N–H and O–H groups in total. The van der Waals surface area contributed by atoms with Crippen LogP contribution in [-0.2, 0) is 18.4 Å². The van der Waals surface area contributed by atoms with E-state index in [1.807, 2.05) is 30.7 Å². The monoisotopic (exact) mass is 613 g/mol. The van der Waals surface area contributed by atoms with Gasteiger partial charge in [-0.15, -0.1) is 0 Å². The Morgan fingerprint density at radius 3 is 2.76 bits per heavy atom. The standard InChI is InChI=1S/C34H43N7O4/c1-19-25-11-10-21-16-27(40(31(21)37-25)12-6-4-5-8-20-14-23(20)33(43)36-19)32-38-26-15-22(17-29(45-3)30(26)39(32)2)34(44)41-13-7-9-24(35)28(41)18-42/h10-11,15-17,19-20,23-24,28,42H,4-9,12-14,18,35H2,1-3H3,(H,36,43)/t19-,20-,23-,24-,28-/m1/s1. The first-order valence-electron chi connectivity index (χ1n) is 16.3. The summed E-state index contributed by atoms with van der Waals surface area (Å²) in [4.78, 5) is 38.5. The largest absolute Gasteiger partial charge is 0.494 e. The summed E-state index contributed by atoms with van der Waals surface area (Å²) in [6.45, 7) is 3.17. The lowest BCUT2D eigenvalue weighted by atomic mass is 9.96. The van der Waals surface area contributed by atoms with Crippen LogP contribution in [0.25, 0.3) is 33.6 Å². The molecule has 2 bridgehead atoms. The van der Waals surface area contributed by atoms with Gasteiger partial charge in [0.25, 0.3) is 5.91 Å². The summed E-state index contributed by atoms with van der Waals surface area (Å²) in [5.41, 5.74) is 10.8. The van der Waals surface area contributed by atoms with Crippen LogP contribution >= 0.6 is 0 Å². The van der Waals surface area contributed by atoms with Crippen molar-refractivity contribution in [3.05, 3.63) is 41.6 Å². The van der Waals surface area contributed by atoms with E-state index in [-0.39, 0.29) is 36.4 Å². The van der Waals surface area contributed by atoms with Gasteiger partial charge in [0.15, 0.2) is 5.82 Å². The number of nitrogens with two attached hydrogens (primary N) is 1. The number of hydrogen-bond donors (Lipinski definition) is 3. The van der Waals surface area contributed by atoms with E-state index in [9.17, 15) is 14.7 Å². The number of hydrogen-bond acceptors (Lipinski definition) is 7. The van der Waals surface area contributed by atoms with Gasteiger partial charge in [0.2, 0.25) is 5.91 Å². The van der Waals surface area contributed by atoms with Crippen molar-refractivity contribution in [3.63, 3.8) is 0 Å². The van der Waals surface area contributed by atoms with E-state index in [1.54, 1.807) is 18.1 Å². The fourth-order valence-electron chi connectivity index (χ4n) is 7.49. The van der Waals surface area contributed by atoms with E-state index in [4.69, 9.17) is 20.4 Å². The first-order chi connectivity index (χ1) is 21.8. The molecular formula is C34H43N7O4. The maximum Gasteiger partial charge on any atom is 0.254 e. The third-order valence-corrected chi connectivity index (χ3v) is 10.2. The highest BCUT2D eigenvalue weighted by Gasteiger charge is 2.42. The number of imidazole rings is 1. The van der Waals surface area contributed by atoms with Gasteiger partial charge < -0.3 is 34.9 Å². The summed E-state index contributed by atoms with van der Waals surface area (Å²) in [5, 5.41) is 14.2. The molecule has 1 saturated carbocycles. The third-order valence-electron chi connectivity index (χ3n) is 10.2. The summed E-state index contributed by atoms with van der Waals surface area (Å²) in [7, 11) is 3.57. The number of pyridine rings is 1. The van der Waals surface area contributed by atoms with Crippen molar-refractivity contribution in [1.82, 2.24) is 29.3 Å². The number of nitrogens with zero attached hydrogens (tertiary/aromatic N) is 5. The molecule has 3 aliphatic rings. The molecule has 5 heterocycles. The lowest BCUT2D eigenvalue weighted by Crippen LogP contribution is -2.56. The molecule has 5 atom stereocenters. The maximum absolute atomic E-state index is 13.7. The minimum Gasteiger partial charge on any atom is -0.494 e. The first-order valence-corrected chi connectivity index (χ1v) is 16.3. The van der Waals surface area contributed by atoms with Gasteiger partial charge in [-0.25, -0.2) is 9.97 Å². The zero-order valence-corrected chi connectivity index (χ0v) is 26.3. The number of aromatic nitrogens is 4. The zero-order valence-electron chi connectivity index (χ0n) is 26.3. The van der Waals surface area contributed by atoms with Crippen LogP contribution in [0, 0.1) is 11.8 Å². The average Bonchev–Trinajstić information content (AvgIpc) is 3.63. The summed E-state index contributed by atoms with van der Waals surface area (Å²) < 4.78 is 10.1. The lowest BCUT2D eigenvalue weighted by molar-refractivity contribution is -0.123. The summed E-state index contributed by atoms with van der Waals surface area (Å²) in [5.74, 6) is 1.91. The second-order valence-corrected chi connectivity index (χ2v) is 13.1. The average molecular weight is 614 g/mol. The normalized spacial score (nSPS) is 25.7. The lowest BCUT2D eigenvalue weighted by Gasteiger charge is -2.38. The van der Waals surface area contributed by atoms with E-state index in [0.29, 0.717) is 29.3 Å². The Morgan fingerprint density at radius 1 is 1.11 bits per heavy atom. The number of piperidine rings is 1. The van der Waals surface area contributed by atoms with Crippen molar-refractivity contribution in [2.45, 2.75) is 76.5 Å². The van der Waals surface area contributed by atoms with Crippen LogP contribution in [-0.4, -0.2) is 73.3 Å². The number of methoxy groups -OCH3 is 1. The highest BCUT2D eigenvalue weighted by atomic mass is 16.5. The second kappa shape index (κ2) is 11.8. The molecule has 2 aliphatic heterocycles. The number of amides is 2. The van der Waals surface area contributed by atoms with Crippen LogP contribution in [0.5, 0.6) is 5.75 Å². The van der Waals surface area contributed by atoms with E-state index in [2.05, 4.69) is 22.0 Å². The number of carbonyl (C=O) groups excluding carboxylic acids is 2. The number of likely N-dealkylation sites (tertiary alicyclic amines) is 1. The first kappa shape index (κ1) is 29.7. The number of aryl methyl sites for hydroxylation is 2. The van der Waals surface area contributed by atoms with Gasteiger partial charge in [-0.3, -0.25) is 9.59 Å². The molecule has 11 nitrogen and oxygen atoms in total. The molecule has 1 aromatic carbocycles. The van der Waals surface area contributed by atoms with Crippen LogP contribution in [0.1, 0.15) is 74.0 Å². The molecule has 7 rings (SSSR count). The predicted molar refractivity (Wildman–Crippen MR) is 172 cm³/mol. The van der Waals surface area contributed by atoms with Crippen molar-refractivity contribution in [1.29, 1.82) is 0 Å². The van der Waals surface area contributed by atoms with Crippen LogP contribution in [0.3, 0.4) is 0 Å². The van der Waals surface area contributed by atoms with Crippen LogP contribution in [0.2, 0.25) is 0 Å². The molecule has 2 amide bonds. The summed E-state index contributed by atoms with van der Waals surface area (Å²) in [6.07, 6.45) is 6.85. The molecule has 0 spiro atoms. The number of benzene rings is 1. The van der Waals surface area contributed by atoms with E-state index in [1.165, 1.54) is 0 Å². The Kier molecular flexibility index (Phi) is 7.77. The quantitative estimate of drug-likeness (QED) is 0.317. The number of nitrogens with one attached hydrogen (secondary N) is 1. The predicted octanol–water partition coefficient (Wildman–Crippen LogP) is 3.91. The molecule has 4 aromatic rings. The molecule has 1 saturated heterocycles. The molecule has 238 valence electrons. The smallest absolute Gasteiger partial charge is 0.254 e. The molecule has 45 heavy (non-hydrogen) atoms. The highest BCUT2D eigenvalue weighted by Crippen LogP contribution is 2.43. The van der Waals surface area contributed by atoms with E-state index < -0.39 is 6.04 Å². The summed E-state index contributed by atoms with van der Waals surface area (Å²) >= 11 is 0. The van der Waals surface area contributed by atoms with Crippen molar-refractivity contribution >= 4 is 33.9 Å². The van der Waals surface area contributed by atoms with Crippen molar-refractivity contribution < 1.29 is 19.4 Å². The van der Waals surface area contributed by atoms with Gasteiger partial charge >= 0.3 is 0 Å². The van der Waals surface area contributed by atoms with Gasteiger partial charge in [0.05, 0.1) is 42.7 Å². The van der Waals surface area contributed by atoms with Crippen molar-refractivity contribution in [3.8, 4) is 17.3 Å². The Bertz CT molecular complexity index is 1780. The Labute approximate surface area is 262 Å². The van der Waals surface area contributed by atoms with Crippen molar-refractivity contribution in [2.75, 3.05) is 20.3 Å². The molecule has 2 fully saturated rings. The van der Waals surface area contributed by atoms with Crippen molar-refractivity contribution in [2.24, 2.45) is 24.6 Å². The number of carbonyl (C=O) groups is 2. The molecule has 0 unspecified atom stereocenters. The van der Waals surface area contributed by atoms with Crippen LogP contribution in [0.4, 0.5) is 0 Å². The maximum atomic E-state index is 13.7. The minimum atomic E-state index is -0.420. The molecule has 11 heteroatoms. The number of aliphatic hydroxyl groups is 1. The van der Waals surface area contributed by atoms with Gasteiger partial charge in [-0.2, -0.15) is 0 Å². The molecular weight excluding hydrogens is 570 g/mol. The molecule has 3 aromatic heterocycles. The number of fused-ring (bicyclic) bond motifs is 3. The van der Waals surface area contributed by atoms with Crippen LogP contribution in [0.15, 0.2) is 30.3 Å². The number of rotatable bonds is 4.